The van der Waals surface area contributed by atoms with Crippen LogP contribution in [-0.2, 0) is 0 Å². The lowest BCUT2D eigenvalue weighted by atomic mass is 10.2. The molecule has 1 N–H and O–H groups in total. The standard InChI is InChI=1S/C15H9ClN4O/c16-11-3-6-14-19-13(9-20(14)8-11)15(21)18-12-4-1-10(7-17)2-5-12/h1-6,8-9H,(H,18,21). The maximum atomic E-state index is 12.1. The molecule has 0 bridgehead atoms. The molecule has 0 atom stereocenters. The van der Waals surface area contributed by atoms with Gasteiger partial charge in [-0.2, -0.15) is 5.26 Å². The second-order valence-corrected chi connectivity index (χ2v) is 4.82. The molecule has 0 saturated carbocycles. The molecule has 21 heavy (non-hydrogen) atoms. The van der Waals surface area contributed by atoms with Gasteiger partial charge in [0.1, 0.15) is 11.3 Å². The number of rotatable bonds is 2. The van der Waals surface area contributed by atoms with Gasteiger partial charge >= 0.3 is 0 Å². The van der Waals surface area contributed by atoms with E-state index < -0.39 is 0 Å². The van der Waals surface area contributed by atoms with Crippen LogP contribution in [0.5, 0.6) is 0 Å². The first kappa shape index (κ1) is 13.2. The number of aromatic nitrogens is 2. The first-order valence-corrected chi connectivity index (χ1v) is 6.49. The summed E-state index contributed by atoms with van der Waals surface area (Å²) in [5.74, 6) is -0.320. The number of anilines is 1. The van der Waals surface area contributed by atoms with Crippen LogP contribution >= 0.6 is 11.6 Å². The molecule has 0 aliphatic rings. The summed E-state index contributed by atoms with van der Waals surface area (Å²) in [5, 5.41) is 12.0. The highest BCUT2D eigenvalue weighted by molar-refractivity contribution is 6.30. The van der Waals surface area contributed by atoms with Crippen molar-refractivity contribution < 1.29 is 4.79 Å². The van der Waals surface area contributed by atoms with Crippen LogP contribution in [0.3, 0.4) is 0 Å². The van der Waals surface area contributed by atoms with Gasteiger partial charge in [0.05, 0.1) is 16.7 Å². The smallest absolute Gasteiger partial charge is 0.275 e. The average Bonchev–Trinajstić information content (AvgIpc) is 2.91. The molecule has 3 rings (SSSR count). The van der Waals surface area contributed by atoms with Crippen LogP contribution < -0.4 is 5.32 Å². The largest absolute Gasteiger partial charge is 0.321 e. The Morgan fingerprint density at radius 1 is 1.19 bits per heavy atom. The summed E-state index contributed by atoms with van der Waals surface area (Å²) in [6, 6.07) is 12.1. The second kappa shape index (κ2) is 5.27. The third kappa shape index (κ3) is 2.71. The second-order valence-electron chi connectivity index (χ2n) is 4.38. The minimum atomic E-state index is -0.320. The van der Waals surface area contributed by atoms with Crippen molar-refractivity contribution in [2.75, 3.05) is 5.32 Å². The van der Waals surface area contributed by atoms with Crippen LogP contribution in [-0.4, -0.2) is 15.3 Å². The molecule has 0 aliphatic carbocycles. The molecule has 0 fully saturated rings. The lowest BCUT2D eigenvalue weighted by Crippen LogP contribution is -2.12. The van der Waals surface area contributed by atoms with Crippen molar-refractivity contribution in [2.45, 2.75) is 0 Å². The number of fused-ring (bicyclic) bond motifs is 1. The highest BCUT2D eigenvalue weighted by atomic mass is 35.5. The van der Waals surface area contributed by atoms with Gasteiger partial charge in [-0.15, -0.1) is 0 Å². The Bertz CT molecular complexity index is 862. The quantitative estimate of drug-likeness (QED) is 0.790. The third-order valence-corrected chi connectivity index (χ3v) is 3.14. The predicted molar refractivity (Wildman–Crippen MR) is 79.3 cm³/mol. The number of pyridine rings is 1. The molecule has 1 aromatic carbocycles. The van der Waals surface area contributed by atoms with E-state index in [1.54, 1.807) is 53.2 Å². The number of hydrogen-bond donors (Lipinski definition) is 1. The molecule has 3 aromatic rings. The van der Waals surface area contributed by atoms with Gasteiger partial charge in [-0.05, 0) is 36.4 Å². The number of nitrogens with zero attached hydrogens (tertiary/aromatic N) is 3. The molecule has 2 heterocycles. The Kier molecular flexibility index (Phi) is 3.30. The summed E-state index contributed by atoms with van der Waals surface area (Å²) in [4.78, 5) is 16.4. The number of hydrogen-bond acceptors (Lipinski definition) is 3. The number of nitrogens with one attached hydrogen (secondary N) is 1. The van der Waals surface area contributed by atoms with E-state index in [1.165, 1.54) is 0 Å². The number of carbonyl (C=O) groups excluding carboxylic acids is 1. The molecule has 0 unspecified atom stereocenters. The Hall–Kier alpha value is -2.84. The summed E-state index contributed by atoms with van der Waals surface area (Å²) in [6.45, 7) is 0. The van der Waals surface area contributed by atoms with Crippen LogP contribution in [0.25, 0.3) is 5.65 Å². The van der Waals surface area contributed by atoms with E-state index in [0.717, 1.165) is 0 Å². The minimum Gasteiger partial charge on any atom is -0.321 e. The van der Waals surface area contributed by atoms with E-state index in [4.69, 9.17) is 16.9 Å². The van der Waals surface area contributed by atoms with Crippen molar-refractivity contribution in [1.29, 1.82) is 5.26 Å². The monoisotopic (exact) mass is 296 g/mol. The van der Waals surface area contributed by atoms with Gasteiger partial charge in [0.2, 0.25) is 0 Å². The molecule has 2 aromatic heterocycles. The van der Waals surface area contributed by atoms with Gasteiger partial charge in [0.15, 0.2) is 0 Å². The van der Waals surface area contributed by atoms with E-state index in [1.807, 2.05) is 6.07 Å². The maximum absolute atomic E-state index is 12.1. The Morgan fingerprint density at radius 3 is 2.67 bits per heavy atom. The van der Waals surface area contributed by atoms with Gasteiger partial charge in [-0.3, -0.25) is 4.79 Å². The molecule has 6 heteroatoms. The lowest BCUT2D eigenvalue weighted by molar-refractivity contribution is 0.102. The SMILES string of the molecule is N#Cc1ccc(NC(=O)c2cn3cc(Cl)ccc3n2)cc1. The predicted octanol–water partition coefficient (Wildman–Crippen LogP) is 3.11. The summed E-state index contributed by atoms with van der Waals surface area (Å²) in [6.07, 6.45) is 3.29. The van der Waals surface area contributed by atoms with Crippen molar-refractivity contribution >= 4 is 28.8 Å². The fourth-order valence-corrected chi connectivity index (χ4v) is 2.07. The van der Waals surface area contributed by atoms with Crippen molar-refractivity contribution in [2.24, 2.45) is 0 Å². The van der Waals surface area contributed by atoms with Crippen molar-refractivity contribution in [3.63, 3.8) is 0 Å². The van der Waals surface area contributed by atoms with Gasteiger partial charge in [-0.1, -0.05) is 11.6 Å². The topological polar surface area (TPSA) is 70.2 Å². The van der Waals surface area contributed by atoms with Crippen LogP contribution in [0.4, 0.5) is 5.69 Å². The number of imidazole rings is 1. The van der Waals surface area contributed by atoms with Crippen LogP contribution in [0.1, 0.15) is 16.1 Å². The van der Waals surface area contributed by atoms with E-state index in [2.05, 4.69) is 10.3 Å². The van der Waals surface area contributed by atoms with E-state index >= 15 is 0 Å². The summed E-state index contributed by atoms with van der Waals surface area (Å²) in [5.41, 5.74) is 2.08. The van der Waals surface area contributed by atoms with Crippen LogP contribution in [0.15, 0.2) is 48.8 Å². The Morgan fingerprint density at radius 2 is 1.95 bits per heavy atom. The molecule has 0 aliphatic heterocycles. The molecule has 5 nitrogen and oxygen atoms in total. The molecule has 102 valence electrons. The first-order valence-electron chi connectivity index (χ1n) is 6.11. The Labute approximate surface area is 125 Å². The molecule has 1 amide bonds. The molecule has 0 saturated heterocycles. The normalized spacial score (nSPS) is 10.3. The van der Waals surface area contributed by atoms with Crippen molar-refractivity contribution in [1.82, 2.24) is 9.38 Å². The van der Waals surface area contributed by atoms with Crippen LogP contribution in [0.2, 0.25) is 5.02 Å². The lowest BCUT2D eigenvalue weighted by Gasteiger charge is -2.02. The zero-order chi connectivity index (χ0) is 14.8. The van der Waals surface area contributed by atoms with Gasteiger partial charge in [-0.25, -0.2) is 4.98 Å². The van der Waals surface area contributed by atoms with Gasteiger partial charge in [0, 0.05) is 18.1 Å². The van der Waals surface area contributed by atoms with Gasteiger partial charge < -0.3 is 9.72 Å². The maximum Gasteiger partial charge on any atom is 0.275 e. The van der Waals surface area contributed by atoms with Crippen molar-refractivity contribution in [3.05, 3.63) is 65.1 Å². The van der Waals surface area contributed by atoms with E-state index in [9.17, 15) is 4.79 Å². The zero-order valence-corrected chi connectivity index (χ0v) is 11.5. The number of benzene rings is 1. The fraction of sp³-hybridized carbons (Fsp3) is 0. The number of nitriles is 1. The minimum absolute atomic E-state index is 0.293. The summed E-state index contributed by atoms with van der Waals surface area (Å²) in [7, 11) is 0. The summed E-state index contributed by atoms with van der Waals surface area (Å²) < 4.78 is 1.69. The highest BCUT2D eigenvalue weighted by Gasteiger charge is 2.11. The number of halogens is 1. The average molecular weight is 297 g/mol. The fourth-order valence-electron chi connectivity index (χ4n) is 1.90. The molecule has 0 radical (unpaired) electrons. The van der Waals surface area contributed by atoms with E-state index in [0.29, 0.717) is 27.6 Å². The molecular weight excluding hydrogens is 288 g/mol. The Balaban J connectivity index is 1.84. The van der Waals surface area contributed by atoms with Crippen molar-refractivity contribution in [3.8, 4) is 6.07 Å². The number of carbonyl (C=O) groups is 1. The van der Waals surface area contributed by atoms with Gasteiger partial charge in [0.25, 0.3) is 5.91 Å². The molecule has 0 spiro atoms. The summed E-state index contributed by atoms with van der Waals surface area (Å²) >= 11 is 5.89. The first-order chi connectivity index (χ1) is 10.2. The number of amides is 1. The highest BCUT2D eigenvalue weighted by Crippen LogP contribution is 2.14. The zero-order valence-electron chi connectivity index (χ0n) is 10.7. The van der Waals surface area contributed by atoms with Crippen LogP contribution in [0, 0.1) is 11.3 Å². The van der Waals surface area contributed by atoms with E-state index in [-0.39, 0.29) is 5.91 Å². The third-order valence-electron chi connectivity index (χ3n) is 2.92. The molecular formula is C15H9ClN4O.